The van der Waals surface area contributed by atoms with Crippen LogP contribution >= 0.6 is 0 Å². The van der Waals surface area contributed by atoms with Crippen molar-refractivity contribution in [3.63, 3.8) is 0 Å². The predicted molar refractivity (Wildman–Crippen MR) is 124 cm³/mol. The lowest BCUT2D eigenvalue weighted by molar-refractivity contribution is -0.121. The third kappa shape index (κ3) is 5.40. The summed E-state index contributed by atoms with van der Waals surface area (Å²) in [6, 6.07) is 10.4. The highest BCUT2D eigenvalue weighted by atomic mass is 16.1. The Labute approximate surface area is 179 Å². The van der Waals surface area contributed by atoms with Crippen molar-refractivity contribution in [1.82, 2.24) is 20.5 Å². The number of rotatable bonds is 6. The summed E-state index contributed by atoms with van der Waals surface area (Å²) < 4.78 is 0. The number of pyridine rings is 1. The van der Waals surface area contributed by atoms with Gasteiger partial charge >= 0.3 is 0 Å². The molecule has 1 amide bonds. The molecule has 162 valence electrons. The van der Waals surface area contributed by atoms with E-state index in [9.17, 15) is 4.79 Å². The lowest BCUT2D eigenvalue weighted by Crippen LogP contribution is -2.46. The van der Waals surface area contributed by atoms with E-state index in [-0.39, 0.29) is 5.91 Å². The third-order valence-electron chi connectivity index (χ3n) is 5.65. The number of carbonyl (C=O) groups is 1. The number of nitrogens with one attached hydrogen (secondary N) is 2. The van der Waals surface area contributed by atoms with Crippen molar-refractivity contribution >= 4 is 28.6 Å². The number of hydrogen-bond donors (Lipinski definition) is 2. The number of fused-ring (bicyclic) bond motifs is 1. The molecule has 7 heteroatoms. The first-order valence-electron chi connectivity index (χ1n) is 10.8. The van der Waals surface area contributed by atoms with Crippen LogP contribution in [0.25, 0.3) is 10.9 Å². The maximum Gasteiger partial charge on any atom is 0.220 e. The summed E-state index contributed by atoms with van der Waals surface area (Å²) in [5, 5.41) is 7.33. The van der Waals surface area contributed by atoms with Crippen LogP contribution in [0.1, 0.15) is 31.7 Å². The van der Waals surface area contributed by atoms with Gasteiger partial charge in [0, 0.05) is 52.6 Å². The molecule has 0 unspecified atom stereocenters. The Morgan fingerprint density at radius 1 is 1.27 bits per heavy atom. The van der Waals surface area contributed by atoms with Crippen molar-refractivity contribution in [1.29, 1.82) is 0 Å². The van der Waals surface area contributed by atoms with Gasteiger partial charge in [-0.25, -0.2) is 9.98 Å². The summed E-state index contributed by atoms with van der Waals surface area (Å²) in [6.07, 6.45) is 2.65. The van der Waals surface area contributed by atoms with Gasteiger partial charge in [-0.1, -0.05) is 18.2 Å². The van der Waals surface area contributed by atoms with Crippen LogP contribution in [-0.4, -0.2) is 62.5 Å². The molecule has 2 N–H and O–H groups in total. The first-order chi connectivity index (χ1) is 14.5. The molecule has 0 atom stereocenters. The van der Waals surface area contributed by atoms with Crippen LogP contribution in [0.15, 0.2) is 35.3 Å². The van der Waals surface area contributed by atoms with E-state index in [1.807, 2.05) is 25.1 Å². The minimum atomic E-state index is 0.135. The highest BCUT2D eigenvalue weighted by Gasteiger charge is 2.23. The summed E-state index contributed by atoms with van der Waals surface area (Å²) in [5.41, 5.74) is 2.17. The van der Waals surface area contributed by atoms with Crippen molar-refractivity contribution in [2.24, 2.45) is 10.9 Å². The molecule has 1 aromatic carbocycles. The third-order valence-corrected chi connectivity index (χ3v) is 5.65. The molecule has 1 saturated heterocycles. The van der Waals surface area contributed by atoms with Crippen LogP contribution < -0.4 is 15.5 Å². The highest BCUT2D eigenvalue weighted by Crippen LogP contribution is 2.24. The number of aliphatic imine (C=N–C) groups is 1. The number of carbonyl (C=O) groups excluding carboxylic acids is 1. The largest absolute Gasteiger partial charge is 0.363 e. The average molecular weight is 411 g/mol. The van der Waals surface area contributed by atoms with Crippen molar-refractivity contribution in [3.05, 3.63) is 35.9 Å². The molecule has 30 heavy (non-hydrogen) atoms. The monoisotopic (exact) mass is 410 g/mol. The van der Waals surface area contributed by atoms with E-state index in [2.05, 4.69) is 46.7 Å². The number of piperidine rings is 1. The van der Waals surface area contributed by atoms with Gasteiger partial charge in [0.1, 0.15) is 5.82 Å². The summed E-state index contributed by atoms with van der Waals surface area (Å²) in [5.74, 6) is 2.48. The van der Waals surface area contributed by atoms with Gasteiger partial charge in [-0.15, -0.1) is 0 Å². The molecule has 0 saturated carbocycles. The Balaban J connectivity index is 1.76. The van der Waals surface area contributed by atoms with Crippen LogP contribution in [0.2, 0.25) is 0 Å². The quantitative estimate of drug-likeness (QED) is 0.566. The number of para-hydroxylation sites is 1. The van der Waals surface area contributed by atoms with E-state index >= 15 is 0 Å². The van der Waals surface area contributed by atoms with Gasteiger partial charge in [-0.2, -0.15) is 0 Å². The van der Waals surface area contributed by atoms with Crippen LogP contribution in [-0.2, 0) is 11.3 Å². The lowest BCUT2D eigenvalue weighted by atomic mass is 9.93. The maximum absolute atomic E-state index is 11.7. The first-order valence-corrected chi connectivity index (χ1v) is 10.8. The molecule has 0 aliphatic carbocycles. The summed E-state index contributed by atoms with van der Waals surface area (Å²) in [6.45, 7) is 5.38. The number of hydrogen-bond acceptors (Lipinski definition) is 4. The van der Waals surface area contributed by atoms with Gasteiger partial charge in [0.05, 0.1) is 12.1 Å². The molecule has 1 aliphatic heterocycles. The topological polar surface area (TPSA) is 72.9 Å². The number of guanidine groups is 1. The van der Waals surface area contributed by atoms with Crippen LogP contribution in [0.4, 0.5) is 5.82 Å². The fraction of sp³-hybridized carbons (Fsp3) is 0.522. The van der Waals surface area contributed by atoms with Gasteiger partial charge in [-0.05, 0) is 43.4 Å². The molecule has 1 aromatic heterocycles. The van der Waals surface area contributed by atoms with Gasteiger partial charge in [0.2, 0.25) is 5.91 Å². The molecule has 2 heterocycles. The predicted octanol–water partition coefficient (Wildman–Crippen LogP) is 2.61. The fourth-order valence-electron chi connectivity index (χ4n) is 3.89. The van der Waals surface area contributed by atoms with Crippen LogP contribution in [0.5, 0.6) is 0 Å². The molecule has 0 bridgehead atoms. The van der Waals surface area contributed by atoms with E-state index < -0.39 is 0 Å². The second kappa shape index (κ2) is 10.3. The van der Waals surface area contributed by atoms with E-state index in [1.54, 1.807) is 7.05 Å². The zero-order valence-corrected chi connectivity index (χ0v) is 18.6. The number of amides is 1. The molecule has 2 aromatic rings. The lowest BCUT2D eigenvalue weighted by Gasteiger charge is -2.34. The minimum Gasteiger partial charge on any atom is -0.363 e. The number of benzene rings is 1. The van der Waals surface area contributed by atoms with Crippen molar-refractivity contribution in [3.8, 4) is 0 Å². The zero-order valence-electron chi connectivity index (χ0n) is 18.6. The second-order valence-electron chi connectivity index (χ2n) is 8.03. The normalized spacial score (nSPS) is 15.3. The van der Waals surface area contributed by atoms with Crippen molar-refractivity contribution in [2.45, 2.75) is 32.7 Å². The van der Waals surface area contributed by atoms with Gasteiger partial charge in [0.15, 0.2) is 5.96 Å². The Hall–Kier alpha value is -2.83. The Morgan fingerprint density at radius 3 is 2.67 bits per heavy atom. The van der Waals surface area contributed by atoms with E-state index in [0.717, 1.165) is 55.2 Å². The molecule has 3 rings (SSSR count). The zero-order chi connectivity index (χ0) is 21.5. The van der Waals surface area contributed by atoms with E-state index in [0.29, 0.717) is 18.9 Å². The summed E-state index contributed by atoms with van der Waals surface area (Å²) >= 11 is 0. The maximum atomic E-state index is 11.7. The highest BCUT2D eigenvalue weighted by molar-refractivity contribution is 5.85. The summed E-state index contributed by atoms with van der Waals surface area (Å²) in [4.78, 5) is 25.7. The minimum absolute atomic E-state index is 0.135. The Morgan fingerprint density at radius 2 is 2.00 bits per heavy atom. The smallest absolute Gasteiger partial charge is 0.220 e. The molecule has 0 spiro atoms. The fourth-order valence-corrected chi connectivity index (χ4v) is 3.89. The van der Waals surface area contributed by atoms with E-state index in [4.69, 9.17) is 9.98 Å². The van der Waals surface area contributed by atoms with Crippen molar-refractivity contribution in [2.75, 3.05) is 45.7 Å². The Kier molecular flexibility index (Phi) is 7.49. The molecular formula is C23H34N6O. The van der Waals surface area contributed by atoms with Crippen molar-refractivity contribution < 1.29 is 4.79 Å². The number of aromatic nitrogens is 1. The average Bonchev–Trinajstić information content (AvgIpc) is 2.76. The number of anilines is 1. The standard InChI is InChI=1S/C23H34N6O/c1-5-25-23(29-12-10-17(11-13-29)14-22(30)24-2)26-16-18-15-21(28(3)4)27-20-9-7-6-8-19(18)20/h6-9,15,17H,5,10-14,16H2,1-4H3,(H,24,30)(H,25,26). The molecular weight excluding hydrogens is 376 g/mol. The number of likely N-dealkylation sites (tertiary alicyclic amines) is 1. The molecule has 1 aliphatic rings. The number of nitrogens with zero attached hydrogens (tertiary/aromatic N) is 4. The van der Waals surface area contributed by atoms with E-state index in [1.165, 1.54) is 5.56 Å². The summed E-state index contributed by atoms with van der Waals surface area (Å²) in [7, 11) is 5.73. The van der Waals surface area contributed by atoms with Crippen LogP contribution in [0, 0.1) is 5.92 Å². The molecule has 1 fully saturated rings. The molecule has 0 radical (unpaired) electrons. The molecule has 7 nitrogen and oxygen atoms in total. The van der Waals surface area contributed by atoms with Crippen LogP contribution in [0.3, 0.4) is 0 Å². The second-order valence-corrected chi connectivity index (χ2v) is 8.03. The SMILES string of the molecule is CCNC(=NCc1cc(N(C)C)nc2ccccc12)N1CCC(CC(=O)NC)CC1. The first kappa shape index (κ1) is 21.9. The Bertz CT molecular complexity index is 886. The van der Waals surface area contributed by atoms with Gasteiger partial charge in [-0.3, -0.25) is 4.79 Å². The van der Waals surface area contributed by atoms with Gasteiger partial charge in [0.25, 0.3) is 0 Å². The van der Waals surface area contributed by atoms with Gasteiger partial charge < -0.3 is 20.4 Å².